The zero-order chi connectivity index (χ0) is 13.9. The Kier molecular flexibility index (Phi) is 3.95. The van der Waals surface area contributed by atoms with Crippen LogP contribution in [0.25, 0.3) is 0 Å². The normalized spacial score (nSPS) is 22.8. The molecule has 1 aromatic carbocycles. The second kappa shape index (κ2) is 5.48. The molecule has 5 nitrogen and oxygen atoms in total. The highest BCUT2D eigenvalue weighted by molar-refractivity contribution is 5.88. The lowest BCUT2D eigenvalue weighted by Crippen LogP contribution is -2.47. The summed E-state index contributed by atoms with van der Waals surface area (Å²) in [6.07, 6.45) is 1.97. The van der Waals surface area contributed by atoms with Crippen LogP contribution in [0.15, 0.2) is 18.2 Å². The van der Waals surface area contributed by atoms with Crippen molar-refractivity contribution in [3.8, 4) is 11.5 Å². The third-order valence-electron chi connectivity index (χ3n) is 3.33. The van der Waals surface area contributed by atoms with Crippen molar-refractivity contribution in [2.45, 2.75) is 25.4 Å². The van der Waals surface area contributed by atoms with Crippen LogP contribution >= 0.6 is 0 Å². The zero-order valence-electron chi connectivity index (χ0n) is 11.2. The molecule has 0 aliphatic carbocycles. The van der Waals surface area contributed by atoms with Gasteiger partial charge < -0.3 is 19.9 Å². The minimum atomic E-state index is -0.973. The molecule has 104 valence electrons. The molecule has 1 aliphatic heterocycles. The van der Waals surface area contributed by atoms with E-state index in [0.717, 1.165) is 25.9 Å². The Morgan fingerprint density at radius 1 is 1.42 bits per heavy atom. The van der Waals surface area contributed by atoms with Crippen LogP contribution in [0.4, 0.5) is 0 Å². The fourth-order valence-corrected chi connectivity index (χ4v) is 2.27. The summed E-state index contributed by atoms with van der Waals surface area (Å²) >= 11 is 0. The minimum Gasteiger partial charge on any atom is -0.493 e. The highest BCUT2D eigenvalue weighted by Gasteiger charge is 2.30. The van der Waals surface area contributed by atoms with Gasteiger partial charge in [0.2, 0.25) is 0 Å². The summed E-state index contributed by atoms with van der Waals surface area (Å²) in [6, 6.07) is 4.65. The summed E-state index contributed by atoms with van der Waals surface area (Å²) in [7, 11) is 1.55. The lowest BCUT2D eigenvalue weighted by Gasteiger charge is -2.35. The van der Waals surface area contributed by atoms with Gasteiger partial charge in [0.1, 0.15) is 5.60 Å². The monoisotopic (exact) mass is 265 g/mol. The summed E-state index contributed by atoms with van der Waals surface area (Å²) in [4.78, 5) is 11.0. The summed E-state index contributed by atoms with van der Waals surface area (Å²) in [5, 5.41) is 12.3. The molecule has 1 saturated heterocycles. The Morgan fingerprint density at radius 3 is 2.79 bits per heavy atom. The van der Waals surface area contributed by atoms with Crippen LogP contribution in [0.3, 0.4) is 0 Å². The average molecular weight is 265 g/mol. The molecule has 0 amide bonds. The first-order chi connectivity index (χ1) is 9.04. The molecule has 19 heavy (non-hydrogen) atoms. The van der Waals surface area contributed by atoms with Crippen molar-refractivity contribution in [1.82, 2.24) is 5.32 Å². The van der Waals surface area contributed by atoms with Crippen molar-refractivity contribution in [2.24, 2.45) is 0 Å². The van der Waals surface area contributed by atoms with Crippen molar-refractivity contribution in [3.63, 3.8) is 0 Å². The van der Waals surface area contributed by atoms with Gasteiger partial charge in [0, 0.05) is 6.54 Å². The van der Waals surface area contributed by atoms with Crippen molar-refractivity contribution in [1.29, 1.82) is 0 Å². The molecule has 0 saturated carbocycles. The number of rotatable bonds is 4. The number of aromatic carboxylic acids is 1. The molecule has 5 heteroatoms. The van der Waals surface area contributed by atoms with E-state index in [0.29, 0.717) is 11.5 Å². The van der Waals surface area contributed by atoms with E-state index in [9.17, 15) is 4.79 Å². The number of carbonyl (C=O) groups is 1. The van der Waals surface area contributed by atoms with E-state index >= 15 is 0 Å². The van der Waals surface area contributed by atoms with Crippen LogP contribution in [0.1, 0.15) is 30.1 Å². The molecular formula is C14H19NO4. The topological polar surface area (TPSA) is 67.8 Å². The largest absolute Gasteiger partial charge is 0.493 e. The van der Waals surface area contributed by atoms with Crippen molar-refractivity contribution in [3.05, 3.63) is 23.8 Å². The van der Waals surface area contributed by atoms with Gasteiger partial charge in [-0.05, 0) is 44.5 Å². The Hall–Kier alpha value is -1.75. The SMILES string of the molecule is COc1ccc(C(=O)O)cc1OC1(C)CCCNC1. The predicted octanol–water partition coefficient (Wildman–Crippen LogP) is 1.91. The minimum absolute atomic E-state index is 0.197. The summed E-state index contributed by atoms with van der Waals surface area (Å²) < 4.78 is 11.2. The lowest BCUT2D eigenvalue weighted by molar-refractivity contribution is 0.0575. The van der Waals surface area contributed by atoms with Gasteiger partial charge in [0.25, 0.3) is 0 Å². The van der Waals surface area contributed by atoms with Crippen LogP contribution in [-0.4, -0.2) is 36.9 Å². The molecule has 0 radical (unpaired) electrons. The van der Waals surface area contributed by atoms with E-state index in [-0.39, 0.29) is 11.2 Å². The molecule has 2 N–H and O–H groups in total. The van der Waals surface area contributed by atoms with E-state index in [1.807, 2.05) is 6.92 Å². The van der Waals surface area contributed by atoms with Gasteiger partial charge in [-0.15, -0.1) is 0 Å². The predicted molar refractivity (Wildman–Crippen MR) is 71.1 cm³/mol. The summed E-state index contributed by atoms with van der Waals surface area (Å²) in [5.74, 6) is 0.0600. The van der Waals surface area contributed by atoms with Crippen LogP contribution < -0.4 is 14.8 Å². The average Bonchev–Trinajstić information content (AvgIpc) is 2.39. The van der Waals surface area contributed by atoms with Gasteiger partial charge in [-0.3, -0.25) is 0 Å². The standard InChI is InChI=1S/C14H19NO4/c1-14(6-3-7-15-9-14)19-12-8-10(13(16)17)4-5-11(12)18-2/h4-5,8,15H,3,6-7,9H2,1-2H3,(H,16,17). The van der Waals surface area contributed by atoms with E-state index in [4.69, 9.17) is 14.6 Å². The van der Waals surface area contributed by atoms with Crippen LogP contribution in [0.2, 0.25) is 0 Å². The van der Waals surface area contributed by atoms with Crippen molar-refractivity contribution < 1.29 is 19.4 Å². The molecule has 1 heterocycles. The molecular weight excluding hydrogens is 246 g/mol. The van der Waals surface area contributed by atoms with E-state index in [2.05, 4.69) is 5.32 Å². The fraction of sp³-hybridized carbons (Fsp3) is 0.500. The van der Waals surface area contributed by atoms with Crippen LogP contribution in [0.5, 0.6) is 11.5 Å². The Bertz CT molecular complexity index is 467. The maximum atomic E-state index is 11.0. The highest BCUT2D eigenvalue weighted by Crippen LogP contribution is 2.33. The second-order valence-corrected chi connectivity index (χ2v) is 5.00. The molecule has 1 aliphatic rings. The van der Waals surface area contributed by atoms with Gasteiger partial charge in [-0.2, -0.15) is 0 Å². The number of methoxy groups -OCH3 is 1. The number of benzene rings is 1. The van der Waals surface area contributed by atoms with Gasteiger partial charge in [0.05, 0.1) is 12.7 Å². The molecule has 0 bridgehead atoms. The Labute approximate surface area is 112 Å². The number of hydrogen-bond acceptors (Lipinski definition) is 4. The Morgan fingerprint density at radius 2 is 2.21 bits per heavy atom. The number of ether oxygens (including phenoxy) is 2. The molecule has 0 aromatic heterocycles. The number of nitrogens with one attached hydrogen (secondary N) is 1. The molecule has 1 fully saturated rings. The third-order valence-corrected chi connectivity index (χ3v) is 3.33. The van der Waals surface area contributed by atoms with E-state index in [1.54, 1.807) is 13.2 Å². The van der Waals surface area contributed by atoms with E-state index < -0.39 is 5.97 Å². The smallest absolute Gasteiger partial charge is 0.335 e. The quantitative estimate of drug-likeness (QED) is 0.870. The molecule has 0 spiro atoms. The molecule has 1 atom stereocenters. The van der Waals surface area contributed by atoms with Gasteiger partial charge in [-0.25, -0.2) is 4.79 Å². The maximum absolute atomic E-state index is 11.0. The number of carboxylic acids is 1. The number of piperidine rings is 1. The maximum Gasteiger partial charge on any atom is 0.335 e. The van der Waals surface area contributed by atoms with Gasteiger partial charge >= 0.3 is 5.97 Å². The highest BCUT2D eigenvalue weighted by atomic mass is 16.5. The second-order valence-electron chi connectivity index (χ2n) is 5.00. The summed E-state index contributed by atoms with van der Waals surface area (Å²) in [5.41, 5.74) is -0.133. The first-order valence-electron chi connectivity index (χ1n) is 6.35. The first kappa shape index (κ1) is 13.7. The van der Waals surface area contributed by atoms with Crippen LogP contribution in [0, 0.1) is 0 Å². The van der Waals surface area contributed by atoms with Crippen LogP contribution in [-0.2, 0) is 0 Å². The van der Waals surface area contributed by atoms with E-state index in [1.165, 1.54) is 12.1 Å². The first-order valence-corrected chi connectivity index (χ1v) is 6.35. The lowest BCUT2D eigenvalue weighted by atomic mass is 9.96. The van der Waals surface area contributed by atoms with Gasteiger partial charge in [-0.1, -0.05) is 0 Å². The number of hydrogen-bond donors (Lipinski definition) is 2. The summed E-state index contributed by atoms with van der Waals surface area (Å²) in [6.45, 7) is 3.75. The molecule has 1 unspecified atom stereocenters. The number of carboxylic acid groups (broad SMARTS) is 1. The van der Waals surface area contributed by atoms with Crippen molar-refractivity contribution >= 4 is 5.97 Å². The third kappa shape index (κ3) is 3.17. The molecule has 2 rings (SSSR count). The van der Waals surface area contributed by atoms with Gasteiger partial charge in [0.15, 0.2) is 11.5 Å². The van der Waals surface area contributed by atoms with Crippen molar-refractivity contribution in [2.75, 3.05) is 20.2 Å². The Balaban J connectivity index is 2.26. The zero-order valence-corrected chi connectivity index (χ0v) is 11.2. The molecule has 1 aromatic rings. The fourth-order valence-electron chi connectivity index (χ4n) is 2.27.